The van der Waals surface area contributed by atoms with Gasteiger partial charge >= 0.3 is 5.97 Å². The number of rotatable bonds is 0. The Balaban J connectivity index is 1.28. The van der Waals surface area contributed by atoms with E-state index in [-0.39, 0.29) is 29.5 Å². The van der Waals surface area contributed by atoms with Crippen LogP contribution >= 0.6 is 0 Å². The van der Waals surface area contributed by atoms with Gasteiger partial charge in [-0.1, -0.05) is 27.7 Å². The van der Waals surface area contributed by atoms with E-state index in [1.807, 2.05) is 0 Å². The second-order valence-corrected chi connectivity index (χ2v) is 13.5. The molecule has 2 saturated heterocycles. The number of fused-ring (bicyclic) bond motifs is 7. The van der Waals surface area contributed by atoms with Crippen LogP contribution in [-0.2, 0) is 14.3 Å². The Hall–Kier alpha value is -0.610. The van der Waals surface area contributed by atoms with Gasteiger partial charge in [-0.25, -0.2) is 4.79 Å². The molecule has 6 rings (SSSR count). The van der Waals surface area contributed by atoms with Crippen molar-refractivity contribution in [2.45, 2.75) is 110 Å². The highest BCUT2D eigenvalue weighted by molar-refractivity contribution is 5.81. The third-order valence-electron chi connectivity index (χ3n) is 12.2. The molecule has 6 aliphatic rings. The summed E-state index contributed by atoms with van der Waals surface area (Å²) in [7, 11) is 0. The van der Waals surface area contributed by atoms with Gasteiger partial charge in [0.05, 0.1) is 18.8 Å². The Morgan fingerprint density at radius 2 is 1.69 bits per heavy atom. The number of aliphatic hydroxyl groups is 1. The van der Waals surface area contributed by atoms with Crippen molar-refractivity contribution in [3.05, 3.63) is 0 Å². The molecule has 2 aliphatic heterocycles. The quantitative estimate of drug-likeness (QED) is 0.511. The average molecular weight is 445 g/mol. The van der Waals surface area contributed by atoms with Crippen molar-refractivity contribution in [1.82, 2.24) is 0 Å². The lowest BCUT2D eigenvalue weighted by atomic mass is 9.44. The maximum Gasteiger partial charge on any atom is 0.338 e. The van der Waals surface area contributed by atoms with Gasteiger partial charge in [-0.15, -0.1) is 0 Å². The number of aliphatic hydroxyl groups excluding tert-OH is 1. The molecule has 4 heteroatoms. The summed E-state index contributed by atoms with van der Waals surface area (Å²) in [5.74, 6) is 4.11. The molecule has 0 unspecified atom stereocenters. The largest absolute Gasteiger partial charge is 0.463 e. The molecule has 32 heavy (non-hydrogen) atoms. The highest BCUT2D eigenvalue weighted by Gasteiger charge is 2.70. The Morgan fingerprint density at radius 3 is 2.50 bits per heavy atom. The van der Waals surface area contributed by atoms with Gasteiger partial charge in [0.15, 0.2) is 5.60 Å². The molecule has 0 aromatic rings. The van der Waals surface area contributed by atoms with Crippen LogP contribution in [0.5, 0.6) is 0 Å². The first-order chi connectivity index (χ1) is 15.2. The summed E-state index contributed by atoms with van der Waals surface area (Å²) in [6.45, 7) is 10.2. The summed E-state index contributed by atoms with van der Waals surface area (Å²) in [6, 6.07) is 0. The molecule has 0 aromatic carbocycles. The Kier molecular flexibility index (Phi) is 4.92. The normalized spacial score (nSPS) is 59.5. The van der Waals surface area contributed by atoms with E-state index in [0.29, 0.717) is 29.8 Å². The standard InChI is InChI=1S/C28H44O4/c1-16-7-12-28(25(30)31-15-16)17(2)24-23(32-28)14-22-20-6-5-18-13-19(29)8-10-26(18,3)21(20)9-11-27(22,24)4/h16-24,29H,5-15H2,1-4H3/t16-,17-,18+,19-,20+,21-,22-,23-,24-,26-,27-,28+/m0/s1. The third kappa shape index (κ3) is 2.78. The summed E-state index contributed by atoms with van der Waals surface area (Å²) >= 11 is 0. The first-order valence-corrected chi connectivity index (χ1v) is 13.7. The minimum absolute atomic E-state index is 0.0724. The first-order valence-electron chi connectivity index (χ1n) is 13.7. The monoisotopic (exact) mass is 444 g/mol. The number of hydrogen-bond donors (Lipinski definition) is 1. The summed E-state index contributed by atoms with van der Waals surface area (Å²) in [6.07, 6.45) is 11.6. The van der Waals surface area contributed by atoms with Crippen LogP contribution in [-0.4, -0.2) is 35.5 Å². The van der Waals surface area contributed by atoms with Gasteiger partial charge in [-0.2, -0.15) is 0 Å². The summed E-state index contributed by atoms with van der Waals surface area (Å²) < 4.78 is 12.6. The Morgan fingerprint density at radius 1 is 0.906 bits per heavy atom. The number of carbonyl (C=O) groups is 1. The molecule has 1 spiro atoms. The lowest BCUT2D eigenvalue weighted by Crippen LogP contribution is -2.55. The fourth-order valence-corrected chi connectivity index (χ4v) is 10.5. The van der Waals surface area contributed by atoms with Crippen molar-refractivity contribution in [1.29, 1.82) is 0 Å². The zero-order valence-electron chi connectivity index (χ0n) is 20.6. The van der Waals surface area contributed by atoms with Crippen LogP contribution in [0.4, 0.5) is 0 Å². The number of carbonyl (C=O) groups excluding carboxylic acids is 1. The van der Waals surface area contributed by atoms with Crippen molar-refractivity contribution >= 4 is 5.97 Å². The molecule has 0 amide bonds. The van der Waals surface area contributed by atoms with Gasteiger partial charge < -0.3 is 14.6 Å². The van der Waals surface area contributed by atoms with Gasteiger partial charge in [0.25, 0.3) is 0 Å². The SMILES string of the molecule is C[C@H]1CC[C@]2(O[C@H]3C[C@H]4[C@@H]5CC[C@@H]6C[C@@H](O)CC[C@]6(C)[C@H]5CC[C@]4(C)[C@H]3[C@@H]2C)C(=O)OC1. The number of ether oxygens (including phenoxy) is 2. The fourth-order valence-electron chi connectivity index (χ4n) is 10.5. The molecular weight excluding hydrogens is 400 g/mol. The van der Waals surface area contributed by atoms with Crippen molar-refractivity contribution < 1.29 is 19.4 Å². The number of esters is 1. The molecule has 4 saturated carbocycles. The summed E-state index contributed by atoms with van der Waals surface area (Å²) in [5, 5.41) is 10.3. The smallest absolute Gasteiger partial charge is 0.338 e. The van der Waals surface area contributed by atoms with E-state index in [4.69, 9.17) is 9.47 Å². The molecule has 180 valence electrons. The molecule has 4 nitrogen and oxygen atoms in total. The van der Waals surface area contributed by atoms with Crippen molar-refractivity contribution in [3.8, 4) is 0 Å². The fraction of sp³-hybridized carbons (Fsp3) is 0.964. The van der Waals surface area contributed by atoms with Crippen LogP contribution in [0.15, 0.2) is 0 Å². The van der Waals surface area contributed by atoms with E-state index in [9.17, 15) is 9.90 Å². The molecule has 4 aliphatic carbocycles. The predicted octanol–water partition coefficient (Wildman–Crippen LogP) is 5.36. The van der Waals surface area contributed by atoms with E-state index in [1.54, 1.807) is 0 Å². The van der Waals surface area contributed by atoms with E-state index in [0.717, 1.165) is 49.9 Å². The van der Waals surface area contributed by atoms with Crippen LogP contribution in [0.1, 0.15) is 91.9 Å². The molecular formula is C28H44O4. The van der Waals surface area contributed by atoms with Gasteiger partial charge in [0.2, 0.25) is 0 Å². The molecule has 1 N–H and O–H groups in total. The van der Waals surface area contributed by atoms with Gasteiger partial charge in [-0.3, -0.25) is 0 Å². The molecule has 0 radical (unpaired) electrons. The van der Waals surface area contributed by atoms with Gasteiger partial charge in [0, 0.05) is 5.92 Å². The first kappa shape index (κ1) is 21.9. The van der Waals surface area contributed by atoms with Crippen LogP contribution in [0.3, 0.4) is 0 Å². The van der Waals surface area contributed by atoms with E-state index < -0.39 is 5.60 Å². The Bertz CT molecular complexity index is 781. The second kappa shape index (κ2) is 7.20. The van der Waals surface area contributed by atoms with E-state index >= 15 is 0 Å². The van der Waals surface area contributed by atoms with Crippen molar-refractivity contribution in [3.63, 3.8) is 0 Å². The van der Waals surface area contributed by atoms with Crippen molar-refractivity contribution in [2.24, 2.45) is 52.3 Å². The Labute approximate surface area is 194 Å². The van der Waals surface area contributed by atoms with Gasteiger partial charge in [0.1, 0.15) is 0 Å². The average Bonchev–Trinajstić information content (AvgIpc) is 3.16. The van der Waals surface area contributed by atoms with E-state index in [2.05, 4.69) is 27.7 Å². The molecule has 6 fully saturated rings. The molecule has 0 bridgehead atoms. The zero-order valence-corrected chi connectivity index (χ0v) is 20.6. The minimum atomic E-state index is -0.700. The number of hydrogen-bond acceptors (Lipinski definition) is 4. The topological polar surface area (TPSA) is 55.8 Å². The zero-order chi connectivity index (χ0) is 22.5. The lowest BCUT2D eigenvalue weighted by Gasteiger charge is -2.61. The minimum Gasteiger partial charge on any atom is -0.463 e. The maximum absolute atomic E-state index is 13.2. The summed E-state index contributed by atoms with van der Waals surface area (Å²) in [5.41, 5.74) is -0.00545. The highest BCUT2D eigenvalue weighted by atomic mass is 16.6. The maximum atomic E-state index is 13.2. The summed E-state index contributed by atoms with van der Waals surface area (Å²) in [4.78, 5) is 13.2. The molecule has 0 aromatic heterocycles. The number of cyclic esters (lactones) is 1. The van der Waals surface area contributed by atoms with Gasteiger partial charge in [-0.05, 0) is 111 Å². The second-order valence-electron chi connectivity index (χ2n) is 13.5. The lowest BCUT2D eigenvalue weighted by molar-refractivity contribution is -0.175. The predicted molar refractivity (Wildman–Crippen MR) is 123 cm³/mol. The van der Waals surface area contributed by atoms with Crippen LogP contribution in [0.25, 0.3) is 0 Å². The van der Waals surface area contributed by atoms with Crippen LogP contribution in [0, 0.1) is 52.3 Å². The highest BCUT2D eigenvalue weighted by Crippen LogP contribution is 2.71. The van der Waals surface area contributed by atoms with Crippen LogP contribution < -0.4 is 0 Å². The van der Waals surface area contributed by atoms with E-state index in [1.165, 1.54) is 32.1 Å². The van der Waals surface area contributed by atoms with Crippen LogP contribution in [0.2, 0.25) is 0 Å². The van der Waals surface area contributed by atoms with Crippen molar-refractivity contribution in [2.75, 3.05) is 6.61 Å². The molecule has 12 atom stereocenters. The molecule has 2 heterocycles. The third-order valence-corrected chi connectivity index (χ3v) is 12.2.